The quantitative estimate of drug-likeness (QED) is 0.577. The third-order valence-corrected chi connectivity index (χ3v) is 3.24. The number of ether oxygens (including phenoxy) is 3. The third kappa shape index (κ3) is 4.36. The number of benzene rings is 1. The summed E-state index contributed by atoms with van der Waals surface area (Å²) in [6.45, 7) is 2.26. The number of oxime groups is 1. The van der Waals surface area contributed by atoms with Gasteiger partial charge in [-0.1, -0.05) is 5.16 Å². The zero-order valence-electron chi connectivity index (χ0n) is 12.8. The average Bonchev–Trinajstić information content (AvgIpc) is 2.59. The molecular formula is C15H20N2O5. The van der Waals surface area contributed by atoms with Gasteiger partial charge >= 0.3 is 0 Å². The van der Waals surface area contributed by atoms with E-state index in [4.69, 9.17) is 19.0 Å². The molecule has 0 unspecified atom stereocenters. The number of carbonyl (C=O) groups is 1. The number of hydrogen-bond acceptors (Lipinski definition) is 6. The second kappa shape index (κ2) is 8.23. The molecule has 22 heavy (non-hydrogen) atoms. The van der Waals surface area contributed by atoms with Gasteiger partial charge in [0.2, 0.25) is 0 Å². The first kappa shape index (κ1) is 16.1. The van der Waals surface area contributed by atoms with Crippen LogP contribution in [-0.2, 0) is 14.4 Å². The summed E-state index contributed by atoms with van der Waals surface area (Å²) in [5.41, 5.74) is 0.788. The molecule has 0 spiro atoms. The molecule has 1 aliphatic rings. The lowest BCUT2D eigenvalue weighted by atomic mass is 10.2. The molecule has 0 radical (unpaired) electrons. The summed E-state index contributed by atoms with van der Waals surface area (Å²) in [6.07, 6.45) is 1.52. The Kier molecular flexibility index (Phi) is 6.02. The second-order valence-electron chi connectivity index (χ2n) is 4.62. The highest BCUT2D eigenvalue weighted by Crippen LogP contribution is 2.26. The van der Waals surface area contributed by atoms with Crippen molar-refractivity contribution in [3.63, 3.8) is 0 Å². The molecule has 0 N–H and O–H groups in total. The molecule has 1 aliphatic heterocycles. The highest BCUT2D eigenvalue weighted by atomic mass is 16.6. The van der Waals surface area contributed by atoms with Crippen molar-refractivity contribution in [1.29, 1.82) is 0 Å². The number of carbonyl (C=O) groups excluding carboxylic acids is 1. The van der Waals surface area contributed by atoms with Crippen LogP contribution in [0.1, 0.15) is 5.56 Å². The maximum Gasteiger partial charge on any atom is 0.263 e. The van der Waals surface area contributed by atoms with Gasteiger partial charge in [-0.25, -0.2) is 0 Å². The van der Waals surface area contributed by atoms with Crippen molar-refractivity contribution in [3.05, 3.63) is 23.8 Å². The van der Waals surface area contributed by atoms with Crippen molar-refractivity contribution < 1.29 is 23.8 Å². The molecule has 1 aromatic carbocycles. The lowest BCUT2D eigenvalue weighted by molar-refractivity contribution is -0.140. The van der Waals surface area contributed by atoms with Crippen molar-refractivity contribution >= 4 is 12.1 Å². The summed E-state index contributed by atoms with van der Waals surface area (Å²) in [5, 5.41) is 3.81. The van der Waals surface area contributed by atoms with Crippen LogP contribution in [0.4, 0.5) is 0 Å². The van der Waals surface area contributed by atoms with E-state index >= 15 is 0 Å². The Bertz CT molecular complexity index is 527. The standard InChI is InChI=1S/C15H20N2O5/c1-19-13-4-3-12(9-14(13)20-2)10-16-22-11-15(18)17-5-7-21-8-6-17/h3-4,9-10H,5-8,11H2,1-2H3/b16-10-. The average molecular weight is 308 g/mol. The van der Waals surface area contributed by atoms with E-state index in [-0.39, 0.29) is 12.5 Å². The summed E-state index contributed by atoms with van der Waals surface area (Å²) < 4.78 is 15.5. The molecular weight excluding hydrogens is 288 g/mol. The SMILES string of the molecule is COc1ccc(/C=N\OCC(=O)N2CCOCC2)cc1OC. The zero-order valence-corrected chi connectivity index (χ0v) is 12.8. The Morgan fingerprint density at radius 2 is 2.00 bits per heavy atom. The lowest BCUT2D eigenvalue weighted by Gasteiger charge is -2.26. The Labute approximate surface area is 129 Å². The maximum absolute atomic E-state index is 11.8. The molecule has 0 atom stereocenters. The van der Waals surface area contributed by atoms with E-state index in [0.29, 0.717) is 37.8 Å². The Balaban J connectivity index is 1.83. The molecule has 0 bridgehead atoms. The van der Waals surface area contributed by atoms with E-state index in [9.17, 15) is 4.79 Å². The molecule has 1 aromatic rings. The van der Waals surface area contributed by atoms with Crippen LogP contribution in [0.3, 0.4) is 0 Å². The maximum atomic E-state index is 11.8. The summed E-state index contributed by atoms with van der Waals surface area (Å²) in [7, 11) is 3.14. The van der Waals surface area contributed by atoms with Gasteiger partial charge in [-0.3, -0.25) is 4.79 Å². The fourth-order valence-corrected chi connectivity index (χ4v) is 2.03. The van der Waals surface area contributed by atoms with Crippen molar-refractivity contribution in [3.8, 4) is 11.5 Å². The van der Waals surface area contributed by atoms with Gasteiger partial charge in [0, 0.05) is 18.7 Å². The first-order valence-corrected chi connectivity index (χ1v) is 6.97. The predicted molar refractivity (Wildman–Crippen MR) is 80.5 cm³/mol. The third-order valence-electron chi connectivity index (χ3n) is 3.24. The minimum atomic E-state index is -0.0900. The molecule has 7 heteroatoms. The number of morpholine rings is 1. The first-order chi connectivity index (χ1) is 10.7. The van der Waals surface area contributed by atoms with E-state index in [1.807, 2.05) is 6.07 Å². The highest BCUT2D eigenvalue weighted by Gasteiger charge is 2.16. The minimum Gasteiger partial charge on any atom is -0.493 e. The molecule has 2 rings (SSSR count). The Morgan fingerprint density at radius 3 is 2.68 bits per heavy atom. The molecule has 120 valence electrons. The summed E-state index contributed by atoms with van der Waals surface area (Å²) >= 11 is 0. The van der Waals surface area contributed by atoms with Crippen LogP contribution in [-0.4, -0.2) is 64.2 Å². The summed E-state index contributed by atoms with van der Waals surface area (Å²) in [5.74, 6) is 1.16. The van der Waals surface area contributed by atoms with Gasteiger partial charge in [0.15, 0.2) is 18.1 Å². The number of hydrogen-bond donors (Lipinski definition) is 0. The molecule has 7 nitrogen and oxygen atoms in total. The number of methoxy groups -OCH3 is 2. The zero-order chi connectivity index (χ0) is 15.8. The smallest absolute Gasteiger partial charge is 0.263 e. The first-order valence-electron chi connectivity index (χ1n) is 6.97. The molecule has 0 aliphatic carbocycles. The van der Waals surface area contributed by atoms with E-state index in [1.165, 1.54) is 6.21 Å². The van der Waals surface area contributed by atoms with Crippen LogP contribution in [0.25, 0.3) is 0 Å². The summed E-state index contributed by atoms with van der Waals surface area (Å²) in [4.78, 5) is 18.6. The number of rotatable bonds is 6. The van der Waals surface area contributed by atoms with Gasteiger partial charge in [0.1, 0.15) is 0 Å². The molecule has 1 fully saturated rings. The molecule has 0 saturated carbocycles. The van der Waals surface area contributed by atoms with Crippen molar-refractivity contribution in [2.45, 2.75) is 0 Å². The Hall–Kier alpha value is -2.28. The van der Waals surface area contributed by atoms with E-state index in [0.717, 1.165) is 5.56 Å². The van der Waals surface area contributed by atoms with Crippen LogP contribution in [0.2, 0.25) is 0 Å². The summed E-state index contributed by atoms with van der Waals surface area (Å²) in [6, 6.07) is 5.37. The minimum absolute atomic E-state index is 0.0796. The largest absolute Gasteiger partial charge is 0.493 e. The fraction of sp³-hybridized carbons (Fsp3) is 0.467. The van der Waals surface area contributed by atoms with Crippen molar-refractivity contribution in [2.75, 3.05) is 47.1 Å². The van der Waals surface area contributed by atoms with Gasteiger partial charge < -0.3 is 23.9 Å². The van der Waals surface area contributed by atoms with Crippen molar-refractivity contribution in [1.82, 2.24) is 4.90 Å². The van der Waals surface area contributed by atoms with Gasteiger partial charge in [-0.2, -0.15) is 0 Å². The van der Waals surface area contributed by atoms with Crippen LogP contribution >= 0.6 is 0 Å². The number of nitrogens with zero attached hydrogens (tertiary/aromatic N) is 2. The molecule has 0 aromatic heterocycles. The van der Waals surface area contributed by atoms with Gasteiger partial charge in [0.05, 0.1) is 33.6 Å². The molecule has 1 heterocycles. The van der Waals surface area contributed by atoms with Crippen LogP contribution in [0.5, 0.6) is 11.5 Å². The fourth-order valence-electron chi connectivity index (χ4n) is 2.03. The highest BCUT2D eigenvalue weighted by molar-refractivity contribution is 5.81. The molecule has 1 saturated heterocycles. The predicted octanol–water partition coefficient (Wildman–Crippen LogP) is 0.913. The monoisotopic (exact) mass is 308 g/mol. The Morgan fingerprint density at radius 1 is 1.27 bits per heavy atom. The van der Waals surface area contributed by atoms with Gasteiger partial charge in [0.25, 0.3) is 5.91 Å². The topological polar surface area (TPSA) is 69.6 Å². The number of amides is 1. The van der Waals surface area contributed by atoms with Gasteiger partial charge in [-0.15, -0.1) is 0 Å². The molecule has 1 amide bonds. The van der Waals surface area contributed by atoms with E-state index in [1.54, 1.807) is 31.3 Å². The van der Waals surface area contributed by atoms with E-state index in [2.05, 4.69) is 5.16 Å². The van der Waals surface area contributed by atoms with Crippen LogP contribution < -0.4 is 9.47 Å². The second-order valence-corrected chi connectivity index (χ2v) is 4.62. The van der Waals surface area contributed by atoms with E-state index < -0.39 is 0 Å². The van der Waals surface area contributed by atoms with Crippen LogP contribution in [0, 0.1) is 0 Å². The lowest BCUT2D eigenvalue weighted by Crippen LogP contribution is -2.42. The normalized spacial score (nSPS) is 14.9. The van der Waals surface area contributed by atoms with Crippen LogP contribution in [0.15, 0.2) is 23.4 Å². The van der Waals surface area contributed by atoms with Gasteiger partial charge in [-0.05, 0) is 18.2 Å². The van der Waals surface area contributed by atoms with Crippen molar-refractivity contribution in [2.24, 2.45) is 5.16 Å².